The Bertz CT molecular complexity index is 1180. The van der Waals surface area contributed by atoms with Crippen molar-refractivity contribution in [2.45, 2.75) is 58.0 Å². The van der Waals surface area contributed by atoms with Gasteiger partial charge in [0.2, 0.25) is 0 Å². The van der Waals surface area contributed by atoms with E-state index in [0.29, 0.717) is 30.5 Å². The van der Waals surface area contributed by atoms with Crippen LogP contribution in [-0.4, -0.2) is 65.3 Å². The summed E-state index contributed by atoms with van der Waals surface area (Å²) in [4.78, 5) is 24.6. The number of halogens is 1. The van der Waals surface area contributed by atoms with Gasteiger partial charge in [-0.1, -0.05) is 0 Å². The smallest absolute Gasteiger partial charge is 0.268 e. The quantitative estimate of drug-likeness (QED) is 0.281. The summed E-state index contributed by atoms with van der Waals surface area (Å²) in [6.07, 6.45) is 1.81. The van der Waals surface area contributed by atoms with Gasteiger partial charge in [-0.05, 0) is 51.1 Å². The predicted octanol–water partition coefficient (Wildman–Crippen LogP) is 2.75. The van der Waals surface area contributed by atoms with Crippen LogP contribution in [-0.2, 0) is 24.3 Å². The summed E-state index contributed by atoms with van der Waals surface area (Å²) in [6, 6.07) is 6.69. The number of hydrogen-bond donors (Lipinski definition) is 4. The van der Waals surface area contributed by atoms with Gasteiger partial charge in [-0.25, -0.2) is 9.37 Å². The minimum absolute atomic E-state index is 0.0373. The number of fused-ring (bicyclic) bond motifs is 2. The van der Waals surface area contributed by atoms with Gasteiger partial charge >= 0.3 is 0 Å². The van der Waals surface area contributed by atoms with Crippen LogP contribution in [0.25, 0.3) is 10.9 Å². The summed E-state index contributed by atoms with van der Waals surface area (Å²) in [5, 5.41) is 11.6. The first-order valence-corrected chi connectivity index (χ1v) is 13.1. The van der Waals surface area contributed by atoms with Crippen molar-refractivity contribution in [2.24, 2.45) is 0 Å². The fourth-order valence-electron chi connectivity index (χ4n) is 4.79. The Hall–Kier alpha value is -2.37. The summed E-state index contributed by atoms with van der Waals surface area (Å²) in [7, 11) is 0. The van der Waals surface area contributed by atoms with Crippen LogP contribution in [0.2, 0.25) is 0 Å². The molecule has 3 aromatic rings. The number of nitrogens with one attached hydrogen (secondary N) is 4. The number of thiazole rings is 1. The van der Waals surface area contributed by atoms with Crippen LogP contribution in [0.1, 0.15) is 46.3 Å². The molecule has 0 saturated carbocycles. The summed E-state index contributed by atoms with van der Waals surface area (Å²) in [5.41, 5.74) is 2.39. The molecule has 4 N–H and O–H groups in total. The van der Waals surface area contributed by atoms with Crippen molar-refractivity contribution in [3.05, 3.63) is 51.4 Å². The minimum atomic E-state index is -0.318. The van der Waals surface area contributed by atoms with Gasteiger partial charge in [-0.3, -0.25) is 15.0 Å². The maximum atomic E-state index is 13.5. The minimum Gasteiger partial charge on any atom is -0.359 e. The molecule has 1 amide bonds. The second-order valence-electron chi connectivity index (χ2n) is 9.58. The van der Waals surface area contributed by atoms with Crippen LogP contribution < -0.4 is 16.0 Å². The summed E-state index contributed by atoms with van der Waals surface area (Å²) in [5.74, 6) is -0.508. The fourth-order valence-corrected chi connectivity index (χ4v) is 5.87. The third kappa shape index (κ3) is 5.73. The average molecular weight is 501 g/mol. The molecule has 1 fully saturated rings. The number of ether oxygens (including phenoxy) is 1. The molecule has 0 unspecified atom stereocenters. The molecule has 0 aliphatic carbocycles. The zero-order valence-corrected chi connectivity index (χ0v) is 21.0. The lowest BCUT2D eigenvalue weighted by Crippen LogP contribution is -2.58. The Morgan fingerprint density at radius 3 is 3.09 bits per heavy atom. The van der Waals surface area contributed by atoms with Crippen LogP contribution >= 0.6 is 11.3 Å². The van der Waals surface area contributed by atoms with E-state index in [2.05, 4.69) is 39.7 Å². The first-order valence-electron chi connectivity index (χ1n) is 12.3. The normalized spacial score (nSPS) is 20.9. The third-order valence-electron chi connectivity index (χ3n) is 6.83. The monoisotopic (exact) mass is 500 g/mol. The number of amides is 1. The van der Waals surface area contributed by atoms with E-state index in [9.17, 15) is 9.18 Å². The molecule has 4 heterocycles. The molecule has 188 valence electrons. The molecule has 2 atom stereocenters. The Labute approximate surface area is 208 Å². The Morgan fingerprint density at radius 1 is 1.34 bits per heavy atom. The van der Waals surface area contributed by atoms with E-state index in [1.54, 1.807) is 23.5 Å². The summed E-state index contributed by atoms with van der Waals surface area (Å²) in [6.45, 7) is 8.94. The molecule has 8 nitrogen and oxygen atoms in total. The Morgan fingerprint density at radius 2 is 2.23 bits per heavy atom. The number of hydrogen-bond acceptors (Lipinski definition) is 7. The fraction of sp³-hybridized carbons (Fsp3) is 0.520. The van der Waals surface area contributed by atoms with Gasteiger partial charge in [0.25, 0.3) is 5.91 Å². The van der Waals surface area contributed by atoms with Gasteiger partial charge in [-0.15, -0.1) is 11.3 Å². The van der Waals surface area contributed by atoms with Gasteiger partial charge < -0.3 is 20.4 Å². The van der Waals surface area contributed by atoms with Crippen LogP contribution in [0.15, 0.2) is 24.3 Å². The molecule has 0 radical (unpaired) electrons. The number of aromatic amines is 1. The van der Waals surface area contributed by atoms with Gasteiger partial charge in [0.1, 0.15) is 23.1 Å². The molecule has 1 aromatic carbocycles. The number of aromatic nitrogens is 2. The number of nitrogens with zero attached hydrogens (tertiary/aromatic N) is 2. The molecule has 0 spiro atoms. The van der Waals surface area contributed by atoms with Crippen molar-refractivity contribution in [3.8, 4) is 0 Å². The highest BCUT2D eigenvalue weighted by atomic mass is 32.1. The van der Waals surface area contributed by atoms with Crippen molar-refractivity contribution < 1.29 is 13.9 Å². The number of carbonyl (C=O) groups is 1. The molecule has 2 aromatic heterocycles. The van der Waals surface area contributed by atoms with Crippen molar-refractivity contribution in [3.63, 3.8) is 0 Å². The van der Waals surface area contributed by atoms with Crippen molar-refractivity contribution in [1.82, 2.24) is 30.8 Å². The summed E-state index contributed by atoms with van der Waals surface area (Å²) >= 11 is 1.75. The second kappa shape index (κ2) is 10.7. The molecule has 1 saturated heterocycles. The van der Waals surface area contributed by atoms with Gasteiger partial charge in [0.15, 0.2) is 0 Å². The largest absolute Gasteiger partial charge is 0.359 e. The molecule has 2 aliphatic heterocycles. The zero-order valence-electron chi connectivity index (χ0n) is 20.2. The molecule has 10 heteroatoms. The van der Waals surface area contributed by atoms with Crippen molar-refractivity contribution in [1.29, 1.82) is 0 Å². The van der Waals surface area contributed by atoms with Crippen LogP contribution in [0.3, 0.4) is 0 Å². The SMILES string of the molecule is CC(C)N1CCc2nc(COCN[C@@H]3CNCC[C@@H]3NC(=O)c3cc4cc(F)ccc4[nH]3)sc2C1. The van der Waals surface area contributed by atoms with Gasteiger partial charge in [0.05, 0.1) is 12.4 Å². The van der Waals surface area contributed by atoms with E-state index in [0.717, 1.165) is 49.5 Å². The van der Waals surface area contributed by atoms with E-state index >= 15 is 0 Å². The molecule has 5 rings (SSSR count). The maximum absolute atomic E-state index is 13.5. The first kappa shape index (κ1) is 24.3. The standard InChI is InChI=1S/C25H33FN6O2S/c1-15(2)32-8-6-20-23(12-32)35-24(30-20)13-34-14-28-22-11-27-7-5-19(22)31-25(33)21-10-16-9-17(26)3-4-18(16)29-21/h3-4,9-10,15,19,22,27-29H,5-8,11-14H2,1-2H3,(H,31,33)/t19-,22+/m0/s1. The topological polar surface area (TPSA) is 94.3 Å². The highest BCUT2D eigenvalue weighted by Gasteiger charge is 2.27. The Balaban J connectivity index is 1.12. The van der Waals surface area contributed by atoms with Crippen LogP contribution in [0, 0.1) is 5.82 Å². The lowest BCUT2D eigenvalue weighted by atomic mass is 10.0. The lowest BCUT2D eigenvalue weighted by molar-refractivity contribution is 0.0802. The Kier molecular flexibility index (Phi) is 7.45. The van der Waals surface area contributed by atoms with E-state index in [1.807, 2.05) is 0 Å². The molecule has 0 bridgehead atoms. The van der Waals surface area contributed by atoms with Crippen LogP contribution in [0.4, 0.5) is 4.39 Å². The highest BCUT2D eigenvalue weighted by molar-refractivity contribution is 7.11. The molecule has 2 aliphatic rings. The molecular weight excluding hydrogens is 467 g/mol. The highest BCUT2D eigenvalue weighted by Crippen LogP contribution is 2.26. The lowest BCUT2D eigenvalue weighted by Gasteiger charge is -2.33. The van der Waals surface area contributed by atoms with E-state index in [1.165, 1.54) is 22.7 Å². The van der Waals surface area contributed by atoms with Crippen molar-refractivity contribution >= 4 is 28.1 Å². The third-order valence-corrected chi connectivity index (χ3v) is 7.89. The number of benzene rings is 1. The number of carbonyl (C=O) groups excluding carboxylic acids is 1. The van der Waals surface area contributed by atoms with E-state index < -0.39 is 0 Å². The maximum Gasteiger partial charge on any atom is 0.268 e. The summed E-state index contributed by atoms with van der Waals surface area (Å²) < 4.78 is 19.4. The van der Waals surface area contributed by atoms with Crippen molar-refractivity contribution in [2.75, 3.05) is 26.4 Å². The second-order valence-corrected chi connectivity index (χ2v) is 10.8. The molecular formula is C25H33FN6O2S. The van der Waals surface area contributed by atoms with Gasteiger partial charge in [0, 0.05) is 60.0 Å². The number of H-pyrrole nitrogens is 1. The van der Waals surface area contributed by atoms with E-state index in [4.69, 9.17) is 9.72 Å². The molecule has 35 heavy (non-hydrogen) atoms. The first-order chi connectivity index (χ1) is 17.0. The zero-order chi connectivity index (χ0) is 24.4. The number of rotatable bonds is 8. The van der Waals surface area contributed by atoms with Crippen LogP contribution in [0.5, 0.6) is 0 Å². The van der Waals surface area contributed by atoms with E-state index in [-0.39, 0.29) is 23.8 Å². The average Bonchev–Trinajstić information content (AvgIpc) is 3.45. The van der Waals surface area contributed by atoms with Gasteiger partial charge in [-0.2, -0.15) is 0 Å². The number of piperidine rings is 1. The predicted molar refractivity (Wildman–Crippen MR) is 135 cm³/mol.